The highest BCUT2D eigenvalue weighted by Gasteiger charge is 2.16. The summed E-state index contributed by atoms with van der Waals surface area (Å²) < 4.78 is 1.01. The number of aryl methyl sites for hydroxylation is 1. The monoisotopic (exact) mass is 382 g/mol. The minimum absolute atomic E-state index is 0.116. The van der Waals surface area contributed by atoms with E-state index < -0.39 is 4.92 Å². The van der Waals surface area contributed by atoms with Crippen molar-refractivity contribution in [1.82, 2.24) is 0 Å². The smallest absolute Gasteiger partial charge is 0.292 e. The lowest BCUT2D eigenvalue weighted by atomic mass is 10.1. The highest BCUT2D eigenvalue weighted by atomic mass is 127. The fraction of sp³-hybridized carbons (Fsp3) is 0.0714. The first-order valence-corrected chi connectivity index (χ1v) is 6.87. The number of hydrogen-bond acceptors (Lipinski definition) is 3. The minimum atomic E-state index is -0.511. The normalized spacial score (nSPS) is 10.1. The number of carbonyl (C=O) groups is 1. The van der Waals surface area contributed by atoms with Gasteiger partial charge in [0.1, 0.15) is 5.69 Å². The Bertz CT molecular complexity index is 669. The van der Waals surface area contributed by atoms with Crippen molar-refractivity contribution in [2.24, 2.45) is 0 Å². The standard InChI is InChI=1S/C14H11IN2O3/c1-9-2-7-13(17(19)20)12(8-9)16-14(18)10-3-5-11(15)6-4-10/h2-8H,1H3,(H,16,18). The van der Waals surface area contributed by atoms with Crippen molar-refractivity contribution in [3.8, 4) is 0 Å². The molecule has 0 fully saturated rings. The van der Waals surface area contributed by atoms with Gasteiger partial charge in [-0.3, -0.25) is 14.9 Å². The predicted octanol–water partition coefficient (Wildman–Crippen LogP) is 3.76. The molecule has 0 aliphatic rings. The number of anilines is 1. The number of nitrogens with zero attached hydrogens (tertiary/aromatic N) is 1. The van der Waals surface area contributed by atoms with Crippen LogP contribution in [-0.2, 0) is 0 Å². The van der Waals surface area contributed by atoms with Gasteiger partial charge in [-0.1, -0.05) is 6.07 Å². The number of nitro benzene ring substituents is 1. The fourth-order valence-electron chi connectivity index (χ4n) is 1.70. The predicted molar refractivity (Wildman–Crippen MR) is 84.9 cm³/mol. The summed E-state index contributed by atoms with van der Waals surface area (Å²) in [6.07, 6.45) is 0. The van der Waals surface area contributed by atoms with Crippen LogP contribution in [-0.4, -0.2) is 10.8 Å². The van der Waals surface area contributed by atoms with Crippen LogP contribution in [0.2, 0.25) is 0 Å². The molecule has 20 heavy (non-hydrogen) atoms. The third kappa shape index (κ3) is 3.32. The van der Waals surface area contributed by atoms with Crippen LogP contribution in [0.25, 0.3) is 0 Å². The minimum Gasteiger partial charge on any atom is -0.316 e. The van der Waals surface area contributed by atoms with Crippen molar-refractivity contribution in [3.63, 3.8) is 0 Å². The molecule has 102 valence electrons. The van der Waals surface area contributed by atoms with Gasteiger partial charge in [-0.25, -0.2) is 0 Å². The maximum absolute atomic E-state index is 12.1. The molecule has 2 aromatic rings. The van der Waals surface area contributed by atoms with Gasteiger partial charge < -0.3 is 5.32 Å². The molecule has 1 N–H and O–H groups in total. The number of benzene rings is 2. The Morgan fingerprint density at radius 1 is 1.20 bits per heavy atom. The fourth-order valence-corrected chi connectivity index (χ4v) is 2.06. The van der Waals surface area contributed by atoms with Gasteiger partial charge in [-0.2, -0.15) is 0 Å². The molecule has 0 radical (unpaired) electrons. The van der Waals surface area contributed by atoms with E-state index in [0.29, 0.717) is 5.56 Å². The van der Waals surface area contributed by atoms with Crippen LogP contribution in [0.3, 0.4) is 0 Å². The molecule has 0 aromatic heterocycles. The van der Waals surface area contributed by atoms with Gasteiger partial charge in [0.15, 0.2) is 0 Å². The number of halogens is 1. The number of carbonyl (C=O) groups excluding carboxylic acids is 1. The highest BCUT2D eigenvalue weighted by molar-refractivity contribution is 14.1. The van der Waals surface area contributed by atoms with E-state index in [0.717, 1.165) is 9.13 Å². The number of amides is 1. The second-order valence-corrected chi connectivity index (χ2v) is 5.48. The average molecular weight is 382 g/mol. The molecule has 0 atom stereocenters. The van der Waals surface area contributed by atoms with Crippen LogP contribution in [0.5, 0.6) is 0 Å². The first kappa shape index (κ1) is 14.4. The molecule has 0 unspecified atom stereocenters. The Morgan fingerprint density at radius 2 is 1.85 bits per heavy atom. The molecule has 2 rings (SSSR count). The van der Waals surface area contributed by atoms with Gasteiger partial charge in [-0.15, -0.1) is 0 Å². The van der Waals surface area contributed by atoms with Gasteiger partial charge in [0, 0.05) is 15.2 Å². The van der Waals surface area contributed by atoms with E-state index in [4.69, 9.17) is 0 Å². The zero-order valence-corrected chi connectivity index (χ0v) is 12.7. The molecule has 0 aliphatic carbocycles. The first-order valence-electron chi connectivity index (χ1n) is 5.79. The molecule has 5 nitrogen and oxygen atoms in total. The summed E-state index contributed by atoms with van der Waals surface area (Å²) in [5.41, 5.74) is 1.39. The molecule has 1 amide bonds. The Kier molecular flexibility index (Phi) is 4.33. The van der Waals surface area contributed by atoms with E-state index in [2.05, 4.69) is 27.9 Å². The van der Waals surface area contributed by atoms with E-state index in [1.807, 2.05) is 6.92 Å². The third-order valence-electron chi connectivity index (χ3n) is 2.70. The van der Waals surface area contributed by atoms with Gasteiger partial charge in [-0.05, 0) is 65.4 Å². The molecule has 6 heteroatoms. The van der Waals surface area contributed by atoms with Crippen LogP contribution in [0.15, 0.2) is 42.5 Å². The van der Waals surface area contributed by atoms with Crippen LogP contribution in [0.4, 0.5) is 11.4 Å². The van der Waals surface area contributed by atoms with E-state index >= 15 is 0 Å². The van der Waals surface area contributed by atoms with Crippen molar-refractivity contribution in [1.29, 1.82) is 0 Å². The maximum atomic E-state index is 12.1. The number of nitrogens with one attached hydrogen (secondary N) is 1. The summed E-state index contributed by atoms with van der Waals surface area (Å²) in [5, 5.41) is 13.5. The zero-order chi connectivity index (χ0) is 14.7. The molecule has 0 spiro atoms. The maximum Gasteiger partial charge on any atom is 0.292 e. The summed E-state index contributed by atoms with van der Waals surface area (Å²) in [6.45, 7) is 1.81. The summed E-state index contributed by atoms with van der Waals surface area (Å²) >= 11 is 2.14. The molecule has 0 heterocycles. The van der Waals surface area contributed by atoms with E-state index in [1.165, 1.54) is 6.07 Å². The van der Waals surface area contributed by atoms with E-state index in [1.54, 1.807) is 36.4 Å². The first-order chi connectivity index (χ1) is 9.47. The van der Waals surface area contributed by atoms with Gasteiger partial charge in [0.05, 0.1) is 4.92 Å². The lowest BCUT2D eigenvalue weighted by molar-refractivity contribution is -0.383. The van der Waals surface area contributed by atoms with Crippen molar-refractivity contribution >= 4 is 39.9 Å². The molecule has 2 aromatic carbocycles. The van der Waals surface area contributed by atoms with Gasteiger partial charge >= 0.3 is 0 Å². The Hall–Kier alpha value is -1.96. The Labute approximate surface area is 129 Å². The molecular formula is C14H11IN2O3. The van der Waals surface area contributed by atoms with Crippen molar-refractivity contribution in [2.75, 3.05) is 5.32 Å². The Morgan fingerprint density at radius 3 is 2.45 bits per heavy atom. The van der Waals surface area contributed by atoms with Crippen LogP contribution >= 0.6 is 22.6 Å². The third-order valence-corrected chi connectivity index (χ3v) is 3.42. The molecule has 0 aliphatic heterocycles. The average Bonchev–Trinajstić information content (AvgIpc) is 2.39. The zero-order valence-electron chi connectivity index (χ0n) is 10.6. The second kappa shape index (κ2) is 6.00. The largest absolute Gasteiger partial charge is 0.316 e. The highest BCUT2D eigenvalue weighted by Crippen LogP contribution is 2.25. The second-order valence-electron chi connectivity index (χ2n) is 4.24. The van der Waals surface area contributed by atoms with Crippen LogP contribution < -0.4 is 5.32 Å². The van der Waals surface area contributed by atoms with E-state index in [9.17, 15) is 14.9 Å². The lowest BCUT2D eigenvalue weighted by Crippen LogP contribution is -2.13. The summed E-state index contributed by atoms with van der Waals surface area (Å²) in [4.78, 5) is 22.5. The number of hydrogen-bond donors (Lipinski definition) is 1. The Balaban J connectivity index is 2.29. The lowest BCUT2D eigenvalue weighted by Gasteiger charge is -2.07. The number of rotatable bonds is 3. The molecule has 0 saturated carbocycles. The van der Waals surface area contributed by atoms with E-state index in [-0.39, 0.29) is 17.3 Å². The quantitative estimate of drug-likeness (QED) is 0.499. The van der Waals surface area contributed by atoms with Crippen molar-refractivity contribution in [2.45, 2.75) is 6.92 Å². The summed E-state index contributed by atoms with van der Waals surface area (Å²) in [6, 6.07) is 11.6. The summed E-state index contributed by atoms with van der Waals surface area (Å²) in [5.74, 6) is -0.366. The van der Waals surface area contributed by atoms with Crippen molar-refractivity contribution < 1.29 is 9.72 Å². The summed E-state index contributed by atoms with van der Waals surface area (Å²) in [7, 11) is 0. The van der Waals surface area contributed by atoms with Crippen molar-refractivity contribution in [3.05, 3.63) is 67.3 Å². The molecule has 0 saturated heterocycles. The van der Waals surface area contributed by atoms with Crippen LogP contribution in [0.1, 0.15) is 15.9 Å². The van der Waals surface area contributed by atoms with Crippen LogP contribution in [0, 0.1) is 20.6 Å². The molecule has 0 bridgehead atoms. The topological polar surface area (TPSA) is 72.2 Å². The van der Waals surface area contributed by atoms with Gasteiger partial charge in [0.25, 0.3) is 11.6 Å². The number of nitro groups is 1. The van der Waals surface area contributed by atoms with Gasteiger partial charge in [0.2, 0.25) is 0 Å². The SMILES string of the molecule is Cc1ccc([N+](=O)[O-])c(NC(=O)c2ccc(I)cc2)c1. The molecular weight excluding hydrogens is 371 g/mol.